The van der Waals surface area contributed by atoms with E-state index in [0.29, 0.717) is 17.2 Å². The van der Waals surface area contributed by atoms with E-state index in [2.05, 4.69) is 10.3 Å². The van der Waals surface area contributed by atoms with E-state index >= 15 is 0 Å². The molecule has 4 rings (SSSR count). The molecule has 0 bridgehead atoms. The highest BCUT2D eigenvalue weighted by Crippen LogP contribution is 2.34. The van der Waals surface area contributed by atoms with Crippen LogP contribution in [0, 0.1) is 6.92 Å². The van der Waals surface area contributed by atoms with Crippen LogP contribution in [0.15, 0.2) is 77.6 Å². The normalized spacial score (nSPS) is 11.6. The summed E-state index contributed by atoms with van der Waals surface area (Å²) < 4.78 is 42.5. The highest BCUT2D eigenvalue weighted by atomic mass is 19.4. The van der Waals surface area contributed by atoms with Gasteiger partial charge >= 0.3 is 6.18 Å². The summed E-state index contributed by atoms with van der Waals surface area (Å²) in [5, 5.41) is 2.69. The standard InChI is InChI=1S/C22H16F3N3O/c1-14-12-17-20(21(26-14)22(23,24)25)18(29)13-19(27-15-8-4-2-5-9-15)28(17)16-10-6-3-7-11-16/h2-13,27H,1H3. The van der Waals surface area contributed by atoms with Crippen LogP contribution in [-0.2, 0) is 6.18 Å². The Labute approximate surface area is 164 Å². The lowest BCUT2D eigenvalue weighted by Crippen LogP contribution is -2.19. The van der Waals surface area contributed by atoms with Crippen LogP contribution in [-0.4, -0.2) is 9.55 Å². The summed E-state index contributed by atoms with van der Waals surface area (Å²) in [6.45, 7) is 1.48. The molecule has 2 heterocycles. The zero-order valence-corrected chi connectivity index (χ0v) is 15.4. The minimum atomic E-state index is -4.74. The number of rotatable bonds is 3. The van der Waals surface area contributed by atoms with Gasteiger partial charge in [0.2, 0.25) is 0 Å². The Hall–Kier alpha value is -3.61. The summed E-state index contributed by atoms with van der Waals surface area (Å²) in [5.41, 5.74) is -0.279. The van der Waals surface area contributed by atoms with Gasteiger partial charge in [-0.05, 0) is 37.3 Å². The number of benzene rings is 2. The molecule has 0 aliphatic carbocycles. The Balaban J connectivity index is 2.10. The largest absolute Gasteiger partial charge is 0.434 e. The summed E-state index contributed by atoms with van der Waals surface area (Å²) in [4.78, 5) is 16.4. The fourth-order valence-electron chi connectivity index (χ4n) is 3.29. The number of hydrogen-bond donors (Lipinski definition) is 1. The van der Waals surface area contributed by atoms with Gasteiger partial charge in [-0.2, -0.15) is 13.2 Å². The van der Waals surface area contributed by atoms with Crippen LogP contribution in [0.5, 0.6) is 0 Å². The number of aryl methyl sites for hydroxylation is 1. The quantitative estimate of drug-likeness (QED) is 0.501. The predicted octanol–water partition coefficient (Wildman–Crippen LogP) is 5.46. The zero-order valence-electron chi connectivity index (χ0n) is 15.4. The van der Waals surface area contributed by atoms with E-state index in [1.165, 1.54) is 19.1 Å². The molecule has 0 atom stereocenters. The molecular formula is C22H16F3N3O. The molecule has 0 spiro atoms. The van der Waals surface area contributed by atoms with Gasteiger partial charge in [0.25, 0.3) is 0 Å². The fraction of sp³-hybridized carbons (Fsp3) is 0.0909. The molecule has 2 aromatic carbocycles. The average molecular weight is 395 g/mol. The minimum absolute atomic E-state index is 0.141. The first-order chi connectivity index (χ1) is 13.8. The monoisotopic (exact) mass is 395 g/mol. The van der Waals surface area contributed by atoms with Crippen molar-refractivity contribution in [3.05, 3.63) is 94.4 Å². The van der Waals surface area contributed by atoms with Gasteiger partial charge in [-0.1, -0.05) is 36.4 Å². The van der Waals surface area contributed by atoms with Crippen molar-refractivity contribution in [2.24, 2.45) is 0 Å². The second kappa shape index (κ2) is 7.09. The van der Waals surface area contributed by atoms with Gasteiger partial charge in [0.05, 0.1) is 10.9 Å². The van der Waals surface area contributed by atoms with Crippen molar-refractivity contribution in [3.8, 4) is 5.69 Å². The van der Waals surface area contributed by atoms with Gasteiger partial charge in [-0.3, -0.25) is 9.36 Å². The smallest absolute Gasteiger partial charge is 0.341 e. The third-order valence-corrected chi connectivity index (χ3v) is 4.45. The van der Waals surface area contributed by atoms with Crippen LogP contribution < -0.4 is 10.7 Å². The lowest BCUT2D eigenvalue weighted by atomic mass is 10.1. The van der Waals surface area contributed by atoms with Crippen molar-refractivity contribution >= 4 is 22.4 Å². The molecule has 0 amide bonds. The number of anilines is 2. The van der Waals surface area contributed by atoms with Crippen LogP contribution in [0.4, 0.5) is 24.7 Å². The summed E-state index contributed by atoms with van der Waals surface area (Å²) >= 11 is 0. The SMILES string of the molecule is Cc1cc2c(c(C(F)(F)F)n1)c(=O)cc(Nc1ccccc1)n2-c1ccccc1. The van der Waals surface area contributed by atoms with Crippen LogP contribution in [0.1, 0.15) is 11.4 Å². The number of pyridine rings is 2. The Morgan fingerprint density at radius 1 is 0.931 bits per heavy atom. The first kappa shape index (κ1) is 18.7. The van der Waals surface area contributed by atoms with E-state index in [1.807, 2.05) is 36.4 Å². The Morgan fingerprint density at radius 3 is 2.17 bits per heavy atom. The molecular weight excluding hydrogens is 379 g/mol. The van der Waals surface area contributed by atoms with Crippen LogP contribution in [0.25, 0.3) is 16.6 Å². The maximum absolute atomic E-state index is 13.6. The Bertz CT molecular complexity index is 1230. The maximum atomic E-state index is 13.6. The highest BCUT2D eigenvalue weighted by molar-refractivity contribution is 5.86. The molecule has 7 heteroatoms. The summed E-state index contributed by atoms with van der Waals surface area (Å²) in [7, 11) is 0. The van der Waals surface area contributed by atoms with Crippen LogP contribution >= 0.6 is 0 Å². The topological polar surface area (TPSA) is 46.9 Å². The van der Waals surface area contributed by atoms with Gasteiger partial charge in [-0.15, -0.1) is 0 Å². The number of nitrogens with one attached hydrogen (secondary N) is 1. The lowest BCUT2D eigenvalue weighted by molar-refractivity contribution is -0.139. The van der Waals surface area contributed by atoms with Crippen LogP contribution in [0.3, 0.4) is 0 Å². The molecule has 0 radical (unpaired) electrons. The summed E-state index contributed by atoms with van der Waals surface area (Å²) in [5.74, 6) is 0.360. The number of halogens is 3. The molecule has 0 saturated heterocycles. The highest BCUT2D eigenvalue weighted by Gasteiger charge is 2.36. The molecule has 4 aromatic rings. The number of aromatic nitrogens is 2. The molecule has 0 saturated carbocycles. The second-order valence-corrected chi connectivity index (χ2v) is 6.56. The van der Waals surface area contributed by atoms with E-state index in [0.717, 1.165) is 0 Å². The maximum Gasteiger partial charge on any atom is 0.434 e. The third-order valence-electron chi connectivity index (χ3n) is 4.45. The van der Waals surface area contributed by atoms with E-state index in [-0.39, 0.29) is 11.2 Å². The van der Waals surface area contributed by atoms with Crippen molar-refractivity contribution in [2.45, 2.75) is 13.1 Å². The Kier molecular flexibility index (Phi) is 4.58. The lowest BCUT2D eigenvalue weighted by Gasteiger charge is -2.20. The molecule has 0 unspecified atom stereocenters. The number of fused-ring (bicyclic) bond motifs is 1. The van der Waals surface area contributed by atoms with Crippen molar-refractivity contribution < 1.29 is 13.2 Å². The number of nitrogens with zero attached hydrogens (tertiary/aromatic N) is 2. The molecule has 0 aliphatic heterocycles. The van der Waals surface area contributed by atoms with Crippen molar-refractivity contribution in [3.63, 3.8) is 0 Å². The summed E-state index contributed by atoms with van der Waals surface area (Å²) in [6.07, 6.45) is -4.74. The number of para-hydroxylation sites is 2. The Morgan fingerprint density at radius 2 is 1.55 bits per heavy atom. The molecule has 29 heavy (non-hydrogen) atoms. The van der Waals surface area contributed by atoms with Crippen molar-refractivity contribution in [2.75, 3.05) is 5.32 Å². The second-order valence-electron chi connectivity index (χ2n) is 6.56. The van der Waals surface area contributed by atoms with Gasteiger partial charge in [0, 0.05) is 23.1 Å². The first-order valence-electron chi connectivity index (χ1n) is 8.87. The average Bonchev–Trinajstić information content (AvgIpc) is 2.68. The fourth-order valence-corrected chi connectivity index (χ4v) is 3.29. The molecule has 1 N–H and O–H groups in total. The van der Waals surface area contributed by atoms with Crippen molar-refractivity contribution in [1.29, 1.82) is 0 Å². The molecule has 146 valence electrons. The van der Waals surface area contributed by atoms with E-state index < -0.39 is 22.7 Å². The minimum Gasteiger partial charge on any atom is -0.341 e. The van der Waals surface area contributed by atoms with Gasteiger partial charge in [-0.25, -0.2) is 4.98 Å². The first-order valence-corrected chi connectivity index (χ1v) is 8.87. The van der Waals surface area contributed by atoms with Gasteiger partial charge in [0.1, 0.15) is 5.82 Å². The number of hydrogen-bond acceptors (Lipinski definition) is 3. The molecule has 2 aromatic heterocycles. The van der Waals surface area contributed by atoms with Gasteiger partial charge < -0.3 is 5.32 Å². The molecule has 0 aliphatic rings. The van der Waals surface area contributed by atoms with E-state index in [4.69, 9.17) is 0 Å². The van der Waals surface area contributed by atoms with E-state index in [9.17, 15) is 18.0 Å². The zero-order chi connectivity index (χ0) is 20.6. The van der Waals surface area contributed by atoms with Crippen LogP contribution in [0.2, 0.25) is 0 Å². The number of alkyl halides is 3. The predicted molar refractivity (Wildman–Crippen MR) is 107 cm³/mol. The third kappa shape index (κ3) is 3.59. The van der Waals surface area contributed by atoms with E-state index in [1.54, 1.807) is 28.8 Å². The van der Waals surface area contributed by atoms with Gasteiger partial charge in [0.15, 0.2) is 11.1 Å². The van der Waals surface area contributed by atoms with Crippen molar-refractivity contribution in [1.82, 2.24) is 9.55 Å². The molecule has 0 fully saturated rings. The molecule has 4 nitrogen and oxygen atoms in total. The summed E-state index contributed by atoms with van der Waals surface area (Å²) in [6, 6.07) is 20.7.